The molecule has 146 valence electrons. The van der Waals surface area contributed by atoms with Crippen molar-refractivity contribution >= 4 is 11.9 Å². The molecule has 0 radical (unpaired) electrons. The van der Waals surface area contributed by atoms with Gasteiger partial charge in [-0.2, -0.15) is 0 Å². The lowest BCUT2D eigenvalue weighted by atomic mass is 9.83. The number of ketones is 1. The second-order valence-electron chi connectivity index (χ2n) is 7.72. The van der Waals surface area contributed by atoms with Crippen LogP contribution >= 0.6 is 0 Å². The first-order chi connectivity index (χ1) is 13.7. The number of benzene rings is 1. The number of rotatable bonds is 7. The number of Topliss-reactive ketones (excluding diaryl/α,β-unsaturated/α-hetero) is 1. The molecule has 2 unspecified atom stereocenters. The first kappa shape index (κ1) is 19.0. The van der Waals surface area contributed by atoms with Gasteiger partial charge in [-0.1, -0.05) is 48.9 Å². The number of aryl methyl sites for hydroxylation is 1. The van der Waals surface area contributed by atoms with Crippen molar-refractivity contribution in [2.75, 3.05) is 6.61 Å². The van der Waals surface area contributed by atoms with Gasteiger partial charge in [0, 0.05) is 48.9 Å². The minimum Gasteiger partial charge on any atom is -0.388 e. The second kappa shape index (κ2) is 8.80. The number of aromatic nitrogens is 1. The van der Waals surface area contributed by atoms with Crippen molar-refractivity contribution in [2.24, 2.45) is 0 Å². The smallest absolute Gasteiger partial charge is 0.168 e. The van der Waals surface area contributed by atoms with E-state index in [4.69, 9.17) is 4.74 Å². The summed E-state index contributed by atoms with van der Waals surface area (Å²) >= 11 is 0. The molecule has 0 saturated carbocycles. The van der Waals surface area contributed by atoms with E-state index in [1.807, 2.05) is 18.2 Å². The normalized spacial score (nSPS) is 20.7. The molecule has 28 heavy (non-hydrogen) atoms. The van der Waals surface area contributed by atoms with Crippen LogP contribution < -0.4 is 0 Å². The van der Waals surface area contributed by atoms with Gasteiger partial charge >= 0.3 is 0 Å². The van der Waals surface area contributed by atoms with E-state index in [-0.39, 0.29) is 11.9 Å². The van der Waals surface area contributed by atoms with Crippen LogP contribution in [0.5, 0.6) is 0 Å². The predicted molar refractivity (Wildman–Crippen MR) is 109 cm³/mol. The third kappa shape index (κ3) is 4.23. The highest BCUT2D eigenvalue weighted by Gasteiger charge is 2.31. The summed E-state index contributed by atoms with van der Waals surface area (Å²) in [5, 5.41) is 10.7. The quantitative estimate of drug-likeness (QED) is 0.724. The maximum Gasteiger partial charge on any atom is 0.168 e. The molecule has 0 spiro atoms. The van der Waals surface area contributed by atoms with Crippen LogP contribution in [-0.4, -0.2) is 28.6 Å². The van der Waals surface area contributed by atoms with Crippen LogP contribution in [0.4, 0.5) is 0 Å². The Morgan fingerprint density at radius 1 is 1.14 bits per heavy atom. The van der Waals surface area contributed by atoms with Crippen LogP contribution in [0.15, 0.2) is 42.6 Å². The number of aliphatic hydroxyl groups is 1. The zero-order chi connectivity index (χ0) is 19.3. The van der Waals surface area contributed by atoms with Crippen LogP contribution in [0.3, 0.4) is 0 Å². The molecule has 4 heteroatoms. The average molecular weight is 377 g/mol. The van der Waals surface area contributed by atoms with E-state index < -0.39 is 6.10 Å². The Morgan fingerprint density at radius 2 is 2.00 bits per heavy atom. The van der Waals surface area contributed by atoms with E-state index in [9.17, 15) is 9.90 Å². The predicted octanol–water partition coefficient (Wildman–Crippen LogP) is 4.46. The maximum absolute atomic E-state index is 12.1. The van der Waals surface area contributed by atoms with Crippen LogP contribution in [-0.2, 0) is 17.6 Å². The Morgan fingerprint density at radius 3 is 2.86 bits per heavy atom. The number of unbranched alkanes of at least 4 members (excludes halogenated alkanes) is 2. The van der Waals surface area contributed by atoms with Crippen molar-refractivity contribution in [2.45, 2.75) is 57.2 Å². The Labute approximate surface area is 166 Å². The fraction of sp³-hybridized carbons (Fsp3) is 0.417. The van der Waals surface area contributed by atoms with Gasteiger partial charge in [-0.15, -0.1) is 0 Å². The zero-order valence-corrected chi connectivity index (χ0v) is 16.1. The fourth-order valence-electron chi connectivity index (χ4n) is 4.21. The lowest BCUT2D eigenvalue weighted by Gasteiger charge is -2.30. The Hall–Kier alpha value is -2.30. The number of carbonyl (C=O) groups is 1. The standard InChI is InChI=1S/C24H27NO3/c26-22-12-7-11-19-20(22)16-25-21-14-18(15-23(27)24(19)21)28-13-6-2-5-10-17-8-3-1-4-9-17/h1,3-4,7-9,11,16,18,23,27H,2,5-6,10,12-15H2. The molecule has 0 saturated heterocycles. The van der Waals surface area contributed by atoms with E-state index in [1.54, 1.807) is 6.20 Å². The number of ether oxygens (including phenoxy) is 1. The largest absolute Gasteiger partial charge is 0.388 e. The van der Waals surface area contributed by atoms with E-state index in [0.29, 0.717) is 31.4 Å². The number of aliphatic hydroxyl groups excluding tert-OH is 1. The van der Waals surface area contributed by atoms with Crippen molar-refractivity contribution < 1.29 is 14.6 Å². The summed E-state index contributed by atoms with van der Waals surface area (Å²) in [5.74, 6) is 0.0777. The summed E-state index contributed by atoms with van der Waals surface area (Å²) < 4.78 is 6.04. The van der Waals surface area contributed by atoms with Gasteiger partial charge < -0.3 is 9.84 Å². The molecule has 1 aromatic carbocycles. The van der Waals surface area contributed by atoms with Gasteiger partial charge in [0.2, 0.25) is 0 Å². The Bertz CT molecular complexity index is 860. The summed E-state index contributed by atoms with van der Waals surface area (Å²) in [6, 6.07) is 10.6. The number of hydrogen-bond donors (Lipinski definition) is 1. The summed E-state index contributed by atoms with van der Waals surface area (Å²) in [7, 11) is 0. The molecule has 0 fully saturated rings. The highest BCUT2D eigenvalue weighted by molar-refractivity contribution is 6.03. The van der Waals surface area contributed by atoms with E-state index in [2.05, 4.69) is 29.2 Å². The summed E-state index contributed by atoms with van der Waals surface area (Å²) in [6.07, 6.45) is 11.0. The summed E-state index contributed by atoms with van der Waals surface area (Å²) in [4.78, 5) is 16.5. The topological polar surface area (TPSA) is 59.4 Å². The van der Waals surface area contributed by atoms with Gasteiger partial charge in [0.1, 0.15) is 0 Å². The SMILES string of the molecule is O=C1CC=Cc2c1cnc1c2C(O)CC(OCCCCCc2ccccc2)C1. The summed E-state index contributed by atoms with van der Waals surface area (Å²) in [6.45, 7) is 0.713. The van der Waals surface area contributed by atoms with Gasteiger partial charge in [-0.05, 0) is 30.4 Å². The number of hydrogen-bond acceptors (Lipinski definition) is 4. The van der Waals surface area contributed by atoms with Crippen molar-refractivity contribution in [3.8, 4) is 0 Å². The minimum atomic E-state index is -0.621. The van der Waals surface area contributed by atoms with Crippen molar-refractivity contribution in [3.63, 3.8) is 0 Å². The third-order valence-electron chi connectivity index (χ3n) is 5.68. The molecule has 1 aromatic heterocycles. The molecular formula is C24H27NO3. The number of fused-ring (bicyclic) bond motifs is 3. The number of carbonyl (C=O) groups excluding carboxylic acids is 1. The fourth-order valence-corrected chi connectivity index (χ4v) is 4.21. The molecule has 0 aliphatic heterocycles. The average Bonchev–Trinajstić information content (AvgIpc) is 2.71. The highest BCUT2D eigenvalue weighted by atomic mass is 16.5. The first-order valence-electron chi connectivity index (χ1n) is 10.3. The molecule has 1 heterocycles. The van der Waals surface area contributed by atoms with Gasteiger partial charge in [0.05, 0.1) is 12.2 Å². The molecule has 4 nitrogen and oxygen atoms in total. The van der Waals surface area contributed by atoms with Crippen molar-refractivity contribution in [1.82, 2.24) is 4.98 Å². The molecule has 0 bridgehead atoms. The van der Waals surface area contributed by atoms with Gasteiger partial charge in [0.15, 0.2) is 5.78 Å². The van der Waals surface area contributed by atoms with E-state index in [1.165, 1.54) is 5.56 Å². The molecule has 0 amide bonds. The maximum atomic E-state index is 12.1. The molecule has 2 aliphatic rings. The number of pyridine rings is 1. The molecule has 2 aliphatic carbocycles. The lowest BCUT2D eigenvalue weighted by molar-refractivity contribution is 0.00235. The second-order valence-corrected chi connectivity index (χ2v) is 7.72. The molecule has 2 atom stereocenters. The summed E-state index contributed by atoms with van der Waals surface area (Å²) in [5.41, 5.74) is 4.57. The van der Waals surface area contributed by atoms with Crippen LogP contribution in [0, 0.1) is 0 Å². The van der Waals surface area contributed by atoms with Crippen LogP contribution in [0.25, 0.3) is 6.08 Å². The Balaban J connectivity index is 1.27. The third-order valence-corrected chi connectivity index (χ3v) is 5.68. The minimum absolute atomic E-state index is 0.00885. The van der Waals surface area contributed by atoms with Crippen molar-refractivity contribution in [3.05, 3.63) is 70.6 Å². The van der Waals surface area contributed by atoms with Crippen molar-refractivity contribution in [1.29, 1.82) is 0 Å². The molecule has 2 aromatic rings. The van der Waals surface area contributed by atoms with E-state index in [0.717, 1.165) is 42.5 Å². The zero-order valence-electron chi connectivity index (χ0n) is 16.1. The van der Waals surface area contributed by atoms with Gasteiger partial charge in [0.25, 0.3) is 0 Å². The molecule has 4 rings (SSSR count). The Kier molecular flexibility index (Phi) is 5.98. The lowest BCUT2D eigenvalue weighted by Crippen LogP contribution is -2.28. The van der Waals surface area contributed by atoms with Crippen LogP contribution in [0.1, 0.15) is 71.0 Å². The van der Waals surface area contributed by atoms with Gasteiger partial charge in [-0.3, -0.25) is 9.78 Å². The first-order valence-corrected chi connectivity index (χ1v) is 10.3. The van der Waals surface area contributed by atoms with Gasteiger partial charge in [-0.25, -0.2) is 0 Å². The molecule has 1 N–H and O–H groups in total. The highest BCUT2D eigenvalue weighted by Crippen LogP contribution is 2.36. The number of nitrogens with zero attached hydrogens (tertiary/aromatic N) is 1. The number of allylic oxidation sites excluding steroid dienone is 1. The monoisotopic (exact) mass is 377 g/mol. The van der Waals surface area contributed by atoms with E-state index >= 15 is 0 Å². The van der Waals surface area contributed by atoms with Crippen LogP contribution in [0.2, 0.25) is 0 Å². The molecular weight excluding hydrogens is 350 g/mol.